The van der Waals surface area contributed by atoms with Crippen molar-refractivity contribution in [1.82, 2.24) is 9.55 Å². The molecule has 0 fully saturated rings. The summed E-state index contributed by atoms with van der Waals surface area (Å²) in [6, 6.07) is 17.8. The summed E-state index contributed by atoms with van der Waals surface area (Å²) < 4.78 is 29.4. The standard InChI is InChI=1S/C25H22N4O5S/c1-16(30)26-20-11-5-12-21-23(20)24(31)29(25(32)27-21)18-9-4-10-19(15-18)35(33,34)28-14-6-8-17-7-2-3-13-22(17)28/h2-5,7,9-13,15H,6,8,14H2,1H3,(H,26,30)(H,27,32). The number of fused-ring (bicyclic) bond motifs is 2. The number of aromatic amines is 1. The molecule has 3 aromatic carbocycles. The average molecular weight is 491 g/mol. The van der Waals surface area contributed by atoms with Crippen LogP contribution in [0.15, 0.2) is 81.2 Å². The topological polar surface area (TPSA) is 121 Å². The normalized spacial score (nSPS) is 13.5. The average Bonchev–Trinajstić information content (AvgIpc) is 2.83. The molecule has 0 aliphatic carbocycles. The van der Waals surface area contributed by atoms with Crippen LogP contribution < -0.4 is 20.9 Å². The van der Waals surface area contributed by atoms with E-state index >= 15 is 0 Å². The number of aromatic nitrogens is 2. The van der Waals surface area contributed by atoms with Crippen LogP contribution in [-0.2, 0) is 21.2 Å². The molecule has 1 aromatic heterocycles. The number of hydrogen-bond donors (Lipinski definition) is 2. The van der Waals surface area contributed by atoms with Crippen LogP contribution in [0, 0.1) is 0 Å². The Bertz CT molecular complexity index is 1710. The van der Waals surface area contributed by atoms with Gasteiger partial charge in [-0.05, 0) is 54.8 Å². The van der Waals surface area contributed by atoms with Gasteiger partial charge in [-0.2, -0.15) is 0 Å². The third kappa shape index (κ3) is 3.91. The van der Waals surface area contributed by atoms with Gasteiger partial charge in [0.2, 0.25) is 5.91 Å². The van der Waals surface area contributed by atoms with Crippen molar-refractivity contribution in [2.45, 2.75) is 24.7 Å². The van der Waals surface area contributed by atoms with E-state index in [9.17, 15) is 22.8 Å². The Morgan fingerprint density at radius 1 is 1.00 bits per heavy atom. The van der Waals surface area contributed by atoms with Crippen molar-refractivity contribution in [3.8, 4) is 5.69 Å². The van der Waals surface area contributed by atoms with Crippen LogP contribution in [-0.4, -0.2) is 30.4 Å². The third-order valence-electron chi connectivity index (χ3n) is 5.97. The molecular weight excluding hydrogens is 468 g/mol. The lowest BCUT2D eigenvalue weighted by atomic mass is 10.0. The van der Waals surface area contributed by atoms with Crippen molar-refractivity contribution < 1.29 is 13.2 Å². The predicted octanol–water partition coefficient (Wildman–Crippen LogP) is 2.78. The van der Waals surface area contributed by atoms with Crippen LogP contribution >= 0.6 is 0 Å². The number of rotatable bonds is 4. The number of carbonyl (C=O) groups excluding carboxylic acids is 1. The van der Waals surface area contributed by atoms with E-state index in [0.717, 1.165) is 16.6 Å². The van der Waals surface area contributed by atoms with Gasteiger partial charge in [-0.1, -0.05) is 30.3 Å². The highest BCUT2D eigenvalue weighted by Crippen LogP contribution is 2.32. The molecule has 10 heteroatoms. The molecule has 35 heavy (non-hydrogen) atoms. The fourth-order valence-electron chi connectivity index (χ4n) is 4.45. The molecular formula is C25H22N4O5S. The SMILES string of the molecule is CC(=O)Nc1cccc2[nH]c(=O)n(-c3cccc(S(=O)(=O)N4CCCc5ccccc54)c3)c(=O)c12. The zero-order valence-corrected chi connectivity index (χ0v) is 19.6. The maximum Gasteiger partial charge on any atom is 0.333 e. The number of amides is 1. The van der Waals surface area contributed by atoms with E-state index in [0.29, 0.717) is 18.7 Å². The van der Waals surface area contributed by atoms with Crippen molar-refractivity contribution in [3.63, 3.8) is 0 Å². The van der Waals surface area contributed by atoms with E-state index in [-0.39, 0.29) is 33.1 Å². The minimum atomic E-state index is -3.95. The number of carbonyl (C=O) groups is 1. The van der Waals surface area contributed by atoms with Gasteiger partial charge in [0.15, 0.2) is 0 Å². The smallest absolute Gasteiger partial charge is 0.326 e. The molecule has 0 spiro atoms. The Kier molecular flexibility index (Phi) is 5.52. The number of nitrogens with zero attached hydrogens (tertiary/aromatic N) is 2. The minimum Gasteiger partial charge on any atom is -0.326 e. The Morgan fingerprint density at radius 3 is 2.57 bits per heavy atom. The molecule has 0 saturated heterocycles. The van der Waals surface area contributed by atoms with Crippen LogP contribution in [0.5, 0.6) is 0 Å². The second kappa shape index (κ2) is 8.55. The van der Waals surface area contributed by atoms with Crippen LogP contribution in [0.2, 0.25) is 0 Å². The number of anilines is 2. The van der Waals surface area contributed by atoms with Crippen LogP contribution in [0.25, 0.3) is 16.6 Å². The second-order valence-electron chi connectivity index (χ2n) is 8.29. The summed E-state index contributed by atoms with van der Waals surface area (Å²) in [5.74, 6) is -0.371. The lowest BCUT2D eigenvalue weighted by Gasteiger charge is -2.30. The number of para-hydroxylation sites is 1. The van der Waals surface area contributed by atoms with Gasteiger partial charge in [0.1, 0.15) is 0 Å². The summed E-state index contributed by atoms with van der Waals surface area (Å²) in [7, 11) is -3.95. The van der Waals surface area contributed by atoms with E-state index in [1.165, 1.54) is 35.5 Å². The molecule has 0 saturated carbocycles. The largest absolute Gasteiger partial charge is 0.333 e. The number of H-pyrrole nitrogens is 1. The monoisotopic (exact) mass is 490 g/mol. The van der Waals surface area contributed by atoms with E-state index < -0.39 is 21.3 Å². The Labute approximate surface area is 200 Å². The van der Waals surface area contributed by atoms with Gasteiger partial charge in [-0.3, -0.25) is 13.9 Å². The lowest BCUT2D eigenvalue weighted by molar-refractivity contribution is -0.114. The predicted molar refractivity (Wildman–Crippen MR) is 134 cm³/mol. The summed E-state index contributed by atoms with van der Waals surface area (Å²) in [5, 5.41) is 2.71. The lowest BCUT2D eigenvalue weighted by Crippen LogP contribution is -2.36. The Hall–Kier alpha value is -4.18. The van der Waals surface area contributed by atoms with Gasteiger partial charge in [-0.25, -0.2) is 17.8 Å². The van der Waals surface area contributed by atoms with Gasteiger partial charge >= 0.3 is 5.69 Å². The highest BCUT2D eigenvalue weighted by molar-refractivity contribution is 7.92. The molecule has 0 atom stereocenters. The van der Waals surface area contributed by atoms with Gasteiger partial charge < -0.3 is 10.3 Å². The molecule has 9 nitrogen and oxygen atoms in total. The van der Waals surface area contributed by atoms with Crippen molar-refractivity contribution in [3.05, 3.63) is 93.1 Å². The van der Waals surface area contributed by atoms with Crippen LogP contribution in [0.1, 0.15) is 18.9 Å². The van der Waals surface area contributed by atoms with Gasteiger partial charge in [0, 0.05) is 13.5 Å². The highest BCUT2D eigenvalue weighted by atomic mass is 32.2. The molecule has 1 aliphatic heterocycles. The number of benzene rings is 3. The molecule has 2 N–H and O–H groups in total. The van der Waals surface area contributed by atoms with Crippen LogP contribution in [0.3, 0.4) is 0 Å². The maximum absolute atomic E-state index is 13.6. The van der Waals surface area contributed by atoms with Crippen molar-refractivity contribution >= 4 is 38.2 Å². The molecule has 178 valence electrons. The summed E-state index contributed by atoms with van der Waals surface area (Å²) in [4.78, 5) is 40.5. The summed E-state index contributed by atoms with van der Waals surface area (Å²) >= 11 is 0. The summed E-state index contributed by atoms with van der Waals surface area (Å²) in [6.07, 6.45) is 1.48. The number of aryl methyl sites for hydroxylation is 1. The Morgan fingerprint density at radius 2 is 1.77 bits per heavy atom. The quantitative estimate of drug-likeness (QED) is 0.456. The second-order valence-corrected chi connectivity index (χ2v) is 10.1. The molecule has 4 aromatic rings. The molecule has 2 heterocycles. The van der Waals surface area contributed by atoms with Gasteiger partial charge in [0.05, 0.1) is 32.9 Å². The van der Waals surface area contributed by atoms with Crippen molar-refractivity contribution in [1.29, 1.82) is 0 Å². The third-order valence-corrected chi connectivity index (χ3v) is 7.78. The summed E-state index contributed by atoms with van der Waals surface area (Å²) in [5.41, 5.74) is 0.791. The van der Waals surface area contributed by atoms with Crippen LogP contribution in [0.4, 0.5) is 11.4 Å². The molecule has 0 radical (unpaired) electrons. The molecule has 1 aliphatic rings. The fourth-order valence-corrected chi connectivity index (χ4v) is 6.03. The van der Waals surface area contributed by atoms with E-state index in [2.05, 4.69) is 10.3 Å². The zero-order chi connectivity index (χ0) is 24.7. The first-order chi connectivity index (χ1) is 16.8. The number of nitrogens with one attached hydrogen (secondary N) is 2. The number of sulfonamides is 1. The molecule has 5 rings (SSSR count). The van der Waals surface area contributed by atoms with Crippen molar-refractivity contribution in [2.24, 2.45) is 0 Å². The first kappa shape index (κ1) is 22.6. The zero-order valence-electron chi connectivity index (χ0n) is 18.8. The van der Waals surface area contributed by atoms with E-state index in [1.807, 2.05) is 12.1 Å². The number of hydrogen-bond acceptors (Lipinski definition) is 5. The molecule has 1 amide bonds. The summed E-state index contributed by atoms with van der Waals surface area (Å²) in [6.45, 7) is 1.65. The van der Waals surface area contributed by atoms with Crippen molar-refractivity contribution in [2.75, 3.05) is 16.2 Å². The minimum absolute atomic E-state index is 0.0340. The maximum atomic E-state index is 13.6. The van der Waals surface area contributed by atoms with E-state index in [4.69, 9.17) is 0 Å². The molecule has 0 unspecified atom stereocenters. The van der Waals surface area contributed by atoms with Gasteiger partial charge in [0.25, 0.3) is 15.6 Å². The fraction of sp³-hybridized carbons (Fsp3) is 0.160. The highest BCUT2D eigenvalue weighted by Gasteiger charge is 2.29. The first-order valence-electron chi connectivity index (χ1n) is 11.0. The first-order valence-corrected chi connectivity index (χ1v) is 12.5. The molecule has 0 bridgehead atoms. The van der Waals surface area contributed by atoms with E-state index in [1.54, 1.807) is 30.3 Å². The van der Waals surface area contributed by atoms with Gasteiger partial charge in [-0.15, -0.1) is 0 Å². The Balaban J connectivity index is 1.66.